The summed E-state index contributed by atoms with van der Waals surface area (Å²) in [5.74, 6) is 0.591. The molecule has 2 heterocycles. The van der Waals surface area contributed by atoms with Crippen molar-refractivity contribution in [3.63, 3.8) is 0 Å². The third-order valence-electron chi connectivity index (χ3n) is 1.87. The Labute approximate surface area is 97.5 Å². The van der Waals surface area contributed by atoms with Gasteiger partial charge in [-0.2, -0.15) is 18.3 Å². The van der Waals surface area contributed by atoms with Gasteiger partial charge < -0.3 is 5.32 Å². The molecule has 0 aliphatic rings. The van der Waals surface area contributed by atoms with Crippen molar-refractivity contribution in [2.24, 2.45) is 7.05 Å². The van der Waals surface area contributed by atoms with Gasteiger partial charge in [-0.05, 0) is 0 Å². The molecular weight excluding hydrogens is 257 g/mol. The van der Waals surface area contributed by atoms with Crippen LogP contribution in [-0.4, -0.2) is 25.0 Å². The standard InChI is InChI=1S/C7H7F3N6S/c1-16-4(12-3-13-16)2-11-6-15-14-5(17-6)7(8,9)10/h3H,2H2,1H3,(H,11,15). The summed E-state index contributed by atoms with van der Waals surface area (Å²) in [4.78, 5) is 3.91. The van der Waals surface area contributed by atoms with Crippen LogP contribution in [0.3, 0.4) is 0 Å². The molecule has 0 spiro atoms. The highest BCUT2D eigenvalue weighted by atomic mass is 32.1. The molecule has 92 valence electrons. The lowest BCUT2D eigenvalue weighted by Gasteiger charge is -2.00. The topological polar surface area (TPSA) is 68.5 Å². The maximum Gasteiger partial charge on any atom is 0.445 e. The van der Waals surface area contributed by atoms with Gasteiger partial charge in [0.15, 0.2) is 0 Å². The lowest BCUT2D eigenvalue weighted by Crippen LogP contribution is -2.06. The number of alkyl halides is 3. The third kappa shape index (κ3) is 2.70. The molecule has 0 atom stereocenters. The van der Waals surface area contributed by atoms with Gasteiger partial charge in [0.1, 0.15) is 12.2 Å². The molecule has 0 aliphatic carbocycles. The number of halogens is 3. The van der Waals surface area contributed by atoms with Crippen LogP contribution >= 0.6 is 11.3 Å². The molecule has 0 aliphatic heterocycles. The average Bonchev–Trinajstić information content (AvgIpc) is 2.82. The number of hydrogen-bond donors (Lipinski definition) is 1. The lowest BCUT2D eigenvalue weighted by atomic mass is 10.6. The van der Waals surface area contributed by atoms with Gasteiger partial charge in [-0.3, -0.25) is 4.68 Å². The molecule has 0 radical (unpaired) electrons. The molecule has 0 bridgehead atoms. The highest BCUT2D eigenvalue weighted by molar-refractivity contribution is 7.15. The van der Waals surface area contributed by atoms with E-state index in [1.165, 1.54) is 11.0 Å². The summed E-state index contributed by atoms with van der Waals surface area (Å²) in [7, 11) is 1.69. The Kier molecular flexibility index (Phi) is 2.96. The second-order valence-electron chi connectivity index (χ2n) is 3.06. The van der Waals surface area contributed by atoms with Crippen LogP contribution in [0.1, 0.15) is 10.8 Å². The Hall–Kier alpha value is -1.71. The van der Waals surface area contributed by atoms with Crippen molar-refractivity contribution in [2.75, 3.05) is 5.32 Å². The van der Waals surface area contributed by atoms with Gasteiger partial charge in [-0.1, -0.05) is 11.3 Å². The molecular formula is C7H7F3N6S. The molecule has 0 amide bonds. The van der Waals surface area contributed by atoms with E-state index in [1.54, 1.807) is 7.05 Å². The maximum absolute atomic E-state index is 12.2. The first-order chi connectivity index (χ1) is 7.97. The number of nitrogens with one attached hydrogen (secondary N) is 1. The number of aromatic nitrogens is 5. The van der Waals surface area contributed by atoms with Gasteiger partial charge in [0.05, 0.1) is 6.54 Å². The summed E-state index contributed by atoms with van der Waals surface area (Å²) >= 11 is 0.452. The molecule has 6 nitrogen and oxygen atoms in total. The van der Waals surface area contributed by atoms with Gasteiger partial charge >= 0.3 is 6.18 Å². The van der Waals surface area contributed by atoms with Gasteiger partial charge in [0.2, 0.25) is 10.1 Å². The Morgan fingerprint density at radius 1 is 1.41 bits per heavy atom. The summed E-state index contributed by atoms with van der Waals surface area (Å²) in [6, 6.07) is 0. The Morgan fingerprint density at radius 2 is 2.18 bits per heavy atom. The first-order valence-corrected chi connectivity index (χ1v) is 5.26. The van der Waals surface area contributed by atoms with Crippen LogP contribution < -0.4 is 5.32 Å². The lowest BCUT2D eigenvalue weighted by molar-refractivity contribution is -0.138. The van der Waals surface area contributed by atoms with Crippen LogP contribution in [0.25, 0.3) is 0 Å². The SMILES string of the molecule is Cn1ncnc1CNc1nnc(C(F)(F)F)s1. The van der Waals surface area contributed by atoms with Crippen LogP contribution in [0, 0.1) is 0 Å². The van der Waals surface area contributed by atoms with E-state index in [1.807, 2.05) is 0 Å². The molecule has 0 saturated heterocycles. The Morgan fingerprint density at radius 3 is 2.71 bits per heavy atom. The molecule has 0 saturated carbocycles. The van der Waals surface area contributed by atoms with Crippen molar-refractivity contribution in [2.45, 2.75) is 12.7 Å². The first kappa shape index (κ1) is 11.8. The summed E-state index contributed by atoms with van der Waals surface area (Å²) < 4.78 is 38.2. The van der Waals surface area contributed by atoms with E-state index in [0.717, 1.165) is 0 Å². The van der Waals surface area contributed by atoms with E-state index >= 15 is 0 Å². The fourth-order valence-corrected chi connectivity index (χ4v) is 1.65. The van der Waals surface area contributed by atoms with Crippen molar-refractivity contribution in [1.82, 2.24) is 25.0 Å². The molecule has 17 heavy (non-hydrogen) atoms. The number of hydrogen-bond acceptors (Lipinski definition) is 6. The normalized spacial score (nSPS) is 11.8. The van der Waals surface area contributed by atoms with Crippen molar-refractivity contribution >= 4 is 16.5 Å². The fraction of sp³-hybridized carbons (Fsp3) is 0.429. The van der Waals surface area contributed by atoms with Crippen LogP contribution in [0.5, 0.6) is 0 Å². The number of aryl methyl sites for hydroxylation is 1. The van der Waals surface area contributed by atoms with Crippen molar-refractivity contribution in [3.8, 4) is 0 Å². The summed E-state index contributed by atoms with van der Waals surface area (Å²) in [5.41, 5.74) is 0. The van der Waals surface area contributed by atoms with Crippen LogP contribution in [0.4, 0.5) is 18.3 Å². The smallest absolute Gasteiger partial charge is 0.353 e. The van der Waals surface area contributed by atoms with Crippen LogP contribution in [-0.2, 0) is 19.8 Å². The van der Waals surface area contributed by atoms with E-state index < -0.39 is 11.2 Å². The second kappa shape index (κ2) is 4.28. The van der Waals surface area contributed by atoms with E-state index in [9.17, 15) is 13.2 Å². The van der Waals surface area contributed by atoms with Crippen molar-refractivity contribution in [1.29, 1.82) is 0 Å². The van der Waals surface area contributed by atoms with E-state index in [-0.39, 0.29) is 11.7 Å². The highest BCUT2D eigenvalue weighted by Crippen LogP contribution is 2.32. The zero-order valence-electron chi connectivity index (χ0n) is 8.56. The van der Waals surface area contributed by atoms with Crippen LogP contribution in [0.15, 0.2) is 6.33 Å². The Balaban J connectivity index is 2.01. The fourth-order valence-electron chi connectivity index (χ4n) is 1.04. The largest absolute Gasteiger partial charge is 0.445 e. The minimum absolute atomic E-state index is 0.0975. The molecule has 2 rings (SSSR count). The molecule has 2 aromatic heterocycles. The van der Waals surface area contributed by atoms with Gasteiger partial charge in [0, 0.05) is 7.05 Å². The molecule has 10 heteroatoms. The van der Waals surface area contributed by atoms with E-state index in [0.29, 0.717) is 17.2 Å². The number of rotatable bonds is 3. The van der Waals surface area contributed by atoms with Gasteiger partial charge in [-0.25, -0.2) is 4.98 Å². The summed E-state index contributed by atoms with van der Waals surface area (Å²) in [6.07, 6.45) is -3.10. The zero-order valence-corrected chi connectivity index (χ0v) is 9.38. The molecule has 1 N–H and O–H groups in total. The van der Waals surface area contributed by atoms with Gasteiger partial charge in [0.25, 0.3) is 0 Å². The minimum atomic E-state index is -4.46. The second-order valence-corrected chi connectivity index (χ2v) is 4.04. The molecule has 0 fully saturated rings. The average molecular weight is 264 g/mol. The molecule has 0 aromatic carbocycles. The van der Waals surface area contributed by atoms with Crippen molar-refractivity contribution < 1.29 is 13.2 Å². The number of nitrogens with zero attached hydrogens (tertiary/aromatic N) is 5. The van der Waals surface area contributed by atoms with Crippen molar-refractivity contribution in [3.05, 3.63) is 17.2 Å². The third-order valence-corrected chi connectivity index (χ3v) is 2.80. The maximum atomic E-state index is 12.2. The highest BCUT2D eigenvalue weighted by Gasteiger charge is 2.35. The van der Waals surface area contributed by atoms with E-state index in [4.69, 9.17) is 0 Å². The zero-order chi connectivity index (χ0) is 12.5. The predicted molar refractivity (Wildman–Crippen MR) is 53.2 cm³/mol. The van der Waals surface area contributed by atoms with Crippen LogP contribution in [0.2, 0.25) is 0 Å². The summed E-state index contributed by atoms with van der Waals surface area (Å²) in [6.45, 7) is 0.239. The van der Waals surface area contributed by atoms with E-state index in [2.05, 4.69) is 25.6 Å². The quantitative estimate of drug-likeness (QED) is 0.904. The minimum Gasteiger partial charge on any atom is -0.353 e. The molecule has 2 aromatic rings. The molecule has 0 unspecified atom stereocenters. The monoisotopic (exact) mass is 264 g/mol. The predicted octanol–water partition coefficient (Wildman–Crippen LogP) is 1.30. The number of anilines is 1. The first-order valence-electron chi connectivity index (χ1n) is 4.44. The Bertz CT molecular complexity index is 504. The van der Waals surface area contributed by atoms with Gasteiger partial charge in [-0.15, -0.1) is 10.2 Å². The summed E-state index contributed by atoms with van der Waals surface area (Å²) in [5, 5.41) is 12.1.